The number of imidazole rings is 1. The van der Waals surface area contributed by atoms with E-state index in [1.54, 1.807) is 0 Å². The van der Waals surface area contributed by atoms with Crippen LogP contribution < -0.4 is 16.4 Å². The number of benzene rings is 7. The van der Waals surface area contributed by atoms with E-state index in [1.165, 1.54) is 104 Å². The minimum absolute atomic E-state index is 0.158. The van der Waals surface area contributed by atoms with E-state index in [1.807, 2.05) is 0 Å². The van der Waals surface area contributed by atoms with Gasteiger partial charge in [0.15, 0.2) is 0 Å². The average molecular weight is 569 g/mol. The van der Waals surface area contributed by atoms with Crippen LogP contribution in [0.3, 0.4) is 0 Å². The van der Waals surface area contributed by atoms with Gasteiger partial charge in [0.05, 0.1) is 22.1 Å². The molecule has 206 valence electrons. The highest BCUT2D eigenvalue weighted by molar-refractivity contribution is 7.00. The predicted molar refractivity (Wildman–Crippen MR) is 190 cm³/mol. The van der Waals surface area contributed by atoms with Gasteiger partial charge < -0.3 is 4.57 Å². The highest BCUT2D eigenvalue weighted by Gasteiger charge is 2.41. The zero-order valence-corrected chi connectivity index (χ0v) is 24.5. The Morgan fingerprint density at radius 3 is 2.02 bits per heavy atom. The topological polar surface area (TPSA) is 14.3 Å². The van der Waals surface area contributed by atoms with Crippen molar-refractivity contribution < 1.29 is 0 Å². The first-order valence-electron chi connectivity index (χ1n) is 15.8. The SMILES string of the molecule is Cc1cc2c3c(c1)-n1c4c(cccc4n4c5cc6ccccc6cc5cc14)B3c1cccc3c4ccc5ccccc5c4n-2c13. The van der Waals surface area contributed by atoms with Crippen LogP contribution in [-0.4, -0.2) is 20.2 Å². The molecule has 5 heterocycles. The first-order chi connectivity index (χ1) is 22.2. The van der Waals surface area contributed by atoms with Crippen molar-refractivity contribution in [2.75, 3.05) is 0 Å². The van der Waals surface area contributed by atoms with Gasteiger partial charge in [-0.3, -0.25) is 8.97 Å². The first kappa shape index (κ1) is 22.8. The maximum Gasteiger partial charge on any atom is 0.252 e. The molecule has 0 saturated heterocycles. The average Bonchev–Trinajstić information content (AvgIpc) is 3.72. The van der Waals surface area contributed by atoms with Crippen molar-refractivity contribution in [3.8, 4) is 11.4 Å². The Labute approximate surface area is 258 Å². The number of fused-ring (bicyclic) bond motifs is 15. The molecule has 2 aliphatic rings. The molecule has 45 heavy (non-hydrogen) atoms. The fraction of sp³-hybridized carbons (Fsp3) is 0.0244. The maximum atomic E-state index is 2.60. The summed E-state index contributed by atoms with van der Waals surface area (Å²) < 4.78 is 7.65. The van der Waals surface area contributed by atoms with Gasteiger partial charge in [-0.1, -0.05) is 91.0 Å². The third-order valence-electron chi connectivity index (χ3n) is 10.8. The van der Waals surface area contributed by atoms with Crippen LogP contribution in [0.25, 0.3) is 82.3 Å². The summed E-state index contributed by atoms with van der Waals surface area (Å²) in [6.45, 7) is 2.41. The van der Waals surface area contributed by atoms with E-state index in [2.05, 4.69) is 148 Å². The molecule has 0 aliphatic carbocycles. The second-order valence-electron chi connectivity index (χ2n) is 13.1. The molecular weight excluding hydrogens is 545 g/mol. The van der Waals surface area contributed by atoms with Crippen LogP contribution in [0.2, 0.25) is 0 Å². The monoisotopic (exact) mass is 569 g/mol. The summed E-state index contributed by atoms with van der Waals surface area (Å²) in [6.07, 6.45) is 0. The van der Waals surface area contributed by atoms with Crippen LogP contribution in [0.1, 0.15) is 5.56 Å². The largest absolute Gasteiger partial charge is 0.310 e. The van der Waals surface area contributed by atoms with Crippen molar-refractivity contribution in [1.29, 1.82) is 0 Å². The normalized spacial score (nSPS) is 13.4. The van der Waals surface area contributed by atoms with E-state index >= 15 is 0 Å². The molecule has 3 aromatic heterocycles. The number of hydrogen-bond acceptors (Lipinski definition) is 0. The molecule has 0 saturated carbocycles. The van der Waals surface area contributed by atoms with E-state index in [0.29, 0.717) is 0 Å². The molecular formula is C41H24BN3. The van der Waals surface area contributed by atoms with Gasteiger partial charge in [0.2, 0.25) is 0 Å². The van der Waals surface area contributed by atoms with Gasteiger partial charge in [-0.15, -0.1) is 0 Å². The molecule has 12 rings (SSSR count). The van der Waals surface area contributed by atoms with Crippen LogP contribution >= 0.6 is 0 Å². The molecule has 0 atom stereocenters. The van der Waals surface area contributed by atoms with Crippen molar-refractivity contribution in [2.45, 2.75) is 6.92 Å². The minimum Gasteiger partial charge on any atom is -0.310 e. The lowest BCUT2D eigenvalue weighted by atomic mass is 9.34. The number of nitrogens with zero attached hydrogens (tertiary/aromatic N) is 3. The molecule has 7 aromatic carbocycles. The van der Waals surface area contributed by atoms with E-state index in [0.717, 1.165) is 0 Å². The smallest absolute Gasteiger partial charge is 0.252 e. The van der Waals surface area contributed by atoms with Crippen LogP contribution in [-0.2, 0) is 0 Å². The maximum absolute atomic E-state index is 2.60. The van der Waals surface area contributed by atoms with Gasteiger partial charge >= 0.3 is 0 Å². The summed E-state index contributed by atoms with van der Waals surface area (Å²) in [5, 5.41) is 9.07. The van der Waals surface area contributed by atoms with Crippen molar-refractivity contribution in [3.05, 3.63) is 133 Å². The fourth-order valence-electron chi connectivity index (χ4n) is 9.10. The Morgan fingerprint density at radius 1 is 0.467 bits per heavy atom. The van der Waals surface area contributed by atoms with Crippen LogP contribution in [0.15, 0.2) is 127 Å². The van der Waals surface area contributed by atoms with Crippen molar-refractivity contribution in [2.24, 2.45) is 0 Å². The Hall–Kier alpha value is -5.74. The number of hydrogen-bond donors (Lipinski definition) is 0. The van der Waals surface area contributed by atoms with Crippen LogP contribution in [0.5, 0.6) is 0 Å². The van der Waals surface area contributed by atoms with E-state index in [9.17, 15) is 0 Å². The second-order valence-corrected chi connectivity index (χ2v) is 13.1. The lowest BCUT2D eigenvalue weighted by Gasteiger charge is -2.33. The minimum atomic E-state index is 0.158. The summed E-state index contributed by atoms with van der Waals surface area (Å²) in [5.41, 5.74) is 15.8. The Kier molecular flexibility index (Phi) is 3.78. The third kappa shape index (κ3) is 2.52. The summed E-state index contributed by atoms with van der Waals surface area (Å²) in [4.78, 5) is 0. The van der Waals surface area contributed by atoms with Crippen molar-refractivity contribution >= 4 is 94.0 Å². The standard InChI is InChI=1S/C41H24BN3/c1-23-18-35-38-36(19-23)45-39-28-11-5-4-8-24(28)16-17-30(39)29-12-6-13-31(40(29)45)42(38)32-14-7-15-33-41(32)44(35)37-22-27-20-25-9-2-3-10-26(25)21-34(27)43(33)37/h2-22H,1H3. The Balaban J connectivity index is 1.31. The highest BCUT2D eigenvalue weighted by atomic mass is 15.1. The lowest BCUT2D eigenvalue weighted by molar-refractivity contribution is 1.12. The molecule has 3 nitrogen and oxygen atoms in total. The zero-order valence-electron chi connectivity index (χ0n) is 24.5. The van der Waals surface area contributed by atoms with Gasteiger partial charge in [-0.05, 0) is 81.4 Å². The number of aryl methyl sites for hydroxylation is 1. The van der Waals surface area contributed by atoms with Gasteiger partial charge in [-0.2, -0.15) is 0 Å². The summed E-state index contributed by atoms with van der Waals surface area (Å²) in [7, 11) is 0. The number of para-hydroxylation sites is 2. The lowest BCUT2D eigenvalue weighted by Crippen LogP contribution is -2.59. The molecule has 0 spiro atoms. The molecule has 0 fully saturated rings. The summed E-state index contributed by atoms with van der Waals surface area (Å²) in [6, 6.07) is 48.1. The van der Waals surface area contributed by atoms with E-state index in [-0.39, 0.29) is 6.71 Å². The van der Waals surface area contributed by atoms with E-state index in [4.69, 9.17) is 0 Å². The molecule has 0 radical (unpaired) electrons. The predicted octanol–water partition coefficient (Wildman–Crippen LogP) is 7.89. The van der Waals surface area contributed by atoms with Gasteiger partial charge in [0.25, 0.3) is 6.71 Å². The molecule has 4 heteroatoms. The quantitative estimate of drug-likeness (QED) is 0.165. The molecule has 10 aromatic rings. The zero-order chi connectivity index (χ0) is 29.1. The van der Waals surface area contributed by atoms with Crippen molar-refractivity contribution in [3.63, 3.8) is 0 Å². The van der Waals surface area contributed by atoms with Crippen LogP contribution in [0, 0.1) is 6.92 Å². The Bertz CT molecular complexity index is 3010. The third-order valence-corrected chi connectivity index (χ3v) is 10.8. The first-order valence-corrected chi connectivity index (χ1v) is 15.8. The molecule has 0 unspecified atom stereocenters. The van der Waals surface area contributed by atoms with Gasteiger partial charge in [0.1, 0.15) is 5.65 Å². The van der Waals surface area contributed by atoms with Crippen molar-refractivity contribution in [1.82, 2.24) is 13.5 Å². The highest BCUT2D eigenvalue weighted by Crippen LogP contribution is 2.41. The number of rotatable bonds is 0. The number of aromatic nitrogens is 3. The molecule has 0 N–H and O–H groups in total. The molecule has 2 aliphatic heterocycles. The van der Waals surface area contributed by atoms with E-state index < -0.39 is 0 Å². The van der Waals surface area contributed by atoms with Gasteiger partial charge in [0, 0.05) is 38.4 Å². The Morgan fingerprint density at radius 2 is 1.16 bits per heavy atom. The second kappa shape index (κ2) is 7.48. The molecule has 0 amide bonds. The van der Waals surface area contributed by atoms with Gasteiger partial charge in [-0.25, -0.2) is 0 Å². The summed E-state index contributed by atoms with van der Waals surface area (Å²) in [5.74, 6) is 0. The van der Waals surface area contributed by atoms with Crippen LogP contribution in [0.4, 0.5) is 0 Å². The fourth-order valence-corrected chi connectivity index (χ4v) is 9.10. The summed E-state index contributed by atoms with van der Waals surface area (Å²) >= 11 is 0. The molecule has 0 bridgehead atoms.